The molecule has 0 aliphatic rings. The summed E-state index contributed by atoms with van der Waals surface area (Å²) < 4.78 is 14.5. The smallest absolute Gasteiger partial charge is 0.350 e. The van der Waals surface area contributed by atoms with Crippen LogP contribution in [0.1, 0.15) is 0 Å². The molecule has 0 aliphatic heterocycles. The minimum atomic E-state index is -4.11. The molecule has 10 heavy (non-hydrogen) atoms. The monoisotopic (exact) mass is 169 g/mol. The summed E-state index contributed by atoms with van der Waals surface area (Å²) >= 11 is 0. The first-order chi connectivity index (χ1) is 4.45. The first-order valence-corrected chi connectivity index (χ1v) is 4.35. The van der Waals surface area contributed by atoms with Gasteiger partial charge in [0.05, 0.1) is 12.7 Å². The normalized spacial score (nSPS) is 15.2. The van der Waals surface area contributed by atoms with Crippen molar-refractivity contribution in [2.45, 2.75) is 6.10 Å². The minimum Gasteiger partial charge on any atom is -0.394 e. The van der Waals surface area contributed by atoms with Crippen LogP contribution in [0.2, 0.25) is 0 Å². The van der Waals surface area contributed by atoms with Gasteiger partial charge in [-0.15, -0.1) is 0 Å². The second-order valence-corrected chi connectivity index (χ2v) is 3.35. The number of hydrogen-bond acceptors (Lipinski definition) is 3. The maximum atomic E-state index is 10.1. The standard InChI is InChI=1S/C4H10O5P/c1-4(2-5)9-3-10(6,7)8/h4-5H,1-3H2,(H2,6,7,8)/t4-/m0/s1. The second-order valence-electron chi connectivity index (χ2n) is 1.77. The van der Waals surface area contributed by atoms with Crippen LogP contribution in [-0.2, 0) is 9.30 Å². The highest BCUT2D eigenvalue weighted by Crippen LogP contribution is 2.34. The van der Waals surface area contributed by atoms with Crippen molar-refractivity contribution in [2.24, 2.45) is 0 Å². The minimum absolute atomic E-state index is 0.347. The molecule has 61 valence electrons. The highest BCUT2D eigenvalue weighted by atomic mass is 31.2. The fourth-order valence-corrected chi connectivity index (χ4v) is 0.660. The summed E-state index contributed by atoms with van der Waals surface area (Å²) in [5.41, 5.74) is 0. The summed E-state index contributed by atoms with van der Waals surface area (Å²) in [6.45, 7) is 2.90. The zero-order chi connectivity index (χ0) is 8.20. The Balaban J connectivity index is 3.46. The van der Waals surface area contributed by atoms with Crippen molar-refractivity contribution in [3.05, 3.63) is 6.92 Å². The molecule has 5 nitrogen and oxygen atoms in total. The predicted octanol–water partition coefficient (Wildman–Crippen LogP) is -0.667. The van der Waals surface area contributed by atoms with Gasteiger partial charge in [0.15, 0.2) is 0 Å². The van der Waals surface area contributed by atoms with Crippen LogP contribution in [0, 0.1) is 6.92 Å². The van der Waals surface area contributed by atoms with Gasteiger partial charge in [0.1, 0.15) is 6.35 Å². The third-order valence-electron chi connectivity index (χ3n) is 0.682. The second kappa shape index (κ2) is 4.05. The lowest BCUT2D eigenvalue weighted by Gasteiger charge is -2.09. The van der Waals surface area contributed by atoms with Crippen LogP contribution < -0.4 is 0 Å². The zero-order valence-corrected chi connectivity index (χ0v) is 6.20. The average molecular weight is 169 g/mol. The molecule has 0 saturated heterocycles. The fourth-order valence-electron chi connectivity index (χ4n) is 0.255. The van der Waals surface area contributed by atoms with E-state index < -0.39 is 20.0 Å². The first kappa shape index (κ1) is 10.1. The van der Waals surface area contributed by atoms with Crippen molar-refractivity contribution < 1.29 is 24.2 Å². The largest absolute Gasteiger partial charge is 0.394 e. The van der Waals surface area contributed by atoms with Crippen LogP contribution in [0.3, 0.4) is 0 Å². The molecule has 0 aromatic heterocycles. The van der Waals surface area contributed by atoms with Crippen molar-refractivity contribution in [3.63, 3.8) is 0 Å². The fraction of sp³-hybridized carbons (Fsp3) is 0.750. The molecule has 0 fully saturated rings. The van der Waals surface area contributed by atoms with Gasteiger partial charge in [0, 0.05) is 0 Å². The summed E-state index contributed by atoms with van der Waals surface area (Å²) in [5.74, 6) is 0. The summed E-state index contributed by atoms with van der Waals surface area (Å²) in [6.07, 6.45) is -1.46. The van der Waals surface area contributed by atoms with E-state index in [-0.39, 0.29) is 6.61 Å². The van der Waals surface area contributed by atoms with Crippen molar-refractivity contribution in [1.82, 2.24) is 0 Å². The van der Waals surface area contributed by atoms with E-state index in [4.69, 9.17) is 14.9 Å². The third kappa shape index (κ3) is 6.19. The van der Waals surface area contributed by atoms with Crippen LogP contribution in [0.5, 0.6) is 0 Å². The molecule has 0 aliphatic carbocycles. The van der Waals surface area contributed by atoms with Crippen LogP contribution in [0.15, 0.2) is 0 Å². The Labute approximate surface area is 58.8 Å². The maximum Gasteiger partial charge on any atom is 0.350 e. The zero-order valence-electron chi connectivity index (χ0n) is 5.30. The Hall–Kier alpha value is 0.0700. The van der Waals surface area contributed by atoms with E-state index in [1.807, 2.05) is 0 Å². The van der Waals surface area contributed by atoms with Crippen molar-refractivity contribution >= 4 is 7.60 Å². The number of rotatable bonds is 4. The highest BCUT2D eigenvalue weighted by molar-refractivity contribution is 7.51. The van der Waals surface area contributed by atoms with Crippen LogP contribution >= 0.6 is 7.60 Å². The van der Waals surface area contributed by atoms with Gasteiger partial charge in [-0.1, -0.05) is 0 Å². The Kier molecular flexibility index (Phi) is 4.08. The summed E-state index contributed by atoms with van der Waals surface area (Å²) in [6, 6.07) is 0. The van der Waals surface area contributed by atoms with Crippen molar-refractivity contribution in [1.29, 1.82) is 0 Å². The molecular weight excluding hydrogens is 159 g/mol. The summed E-state index contributed by atoms with van der Waals surface area (Å²) in [7, 11) is -4.11. The topological polar surface area (TPSA) is 87.0 Å². The molecule has 0 aromatic rings. The molecular formula is C4H10O5P. The maximum absolute atomic E-state index is 10.1. The van der Waals surface area contributed by atoms with Crippen molar-refractivity contribution in [2.75, 3.05) is 13.0 Å². The molecule has 0 heterocycles. The van der Waals surface area contributed by atoms with Gasteiger partial charge < -0.3 is 19.6 Å². The average Bonchev–Trinajstić information content (AvgIpc) is 1.81. The van der Waals surface area contributed by atoms with E-state index in [9.17, 15) is 4.57 Å². The molecule has 0 unspecified atom stereocenters. The third-order valence-corrected chi connectivity index (χ3v) is 1.17. The van der Waals surface area contributed by atoms with E-state index >= 15 is 0 Å². The molecule has 0 aromatic carbocycles. The SMILES string of the molecule is [CH2][C@@H](CO)OCP(=O)(O)O. The molecule has 1 atom stereocenters. The molecule has 0 amide bonds. The molecule has 0 rings (SSSR count). The molecule has 6 heteroatoms. The Morgan fingerprint density at radius 3 is 2.40 bits per heavy atom. The molecule has 0 spiro atoms. The van der Waals surface area contributed by atoms with E-state index in [0.717, 1.165) is 0 Å². The molecule has 0 bridgehead atoms. The van der Waals surface area contributed by atoms with Crippen LogP contribution in [-0.4, -0.2) is 34.0 Å². The summed E-state index contributed by atoms with van der Waals surface area (Å²) in [4.78, 5) is 16.5. The number of hydrogen-bond donors (Lipinski definition) is 3. The van der Waals surface area contributed by atoms with Gasteiger partial charge in [0.25, 0.3) is 0 Å². The van der Waals surface area contributed by atoms with E-state index in [1.165, 1.54) is 0 Å². The van der Waals surface area contributed by atoms with E-state index in [0.29, 0.717) is 0 Å². The van der Waals surface area contributed by atoms with Crippen LogP contribution in [0.25, 0.3) is 0 Å². The van der Waals surface area contributed by atoms with Gasteiger partial charge in [-0.05, 0) is 6.92 Å². The van der Waals surface area contributed by atoms with Gasteiger partial charge in [-0.25, -0.2) is 0 Å². The lowest BCUT2D eigenvalue weighted by Crippen LogP contribution is -2.13. The Morgan fingerprint density at radius 2 is 2.10 bits per heavy atom. The molecule has 3 N–H and O–H groups in total. The quantitative estimate of drug-likeness (QED) is 0.486. The Morgan fingerprint density at radius 1 is 1.60 bits per heavy atom. The number of aliphatic hydroxyl groups is 1. The molecule has 0 saturated carbocycles. The lowest BCUT2D eigenvalue weighted by atomic mass is 10.4. The van der Waals surface area contributed by atoms with E-state index in [1.54, 1.807) is 0 Å². The Bertz CT molecular complexity index is 130. The highest BCUT2D eigenvalue weighted by Gasteiger charge is 2.14. The van der Waals surface area contributed by atoms with Crippen molar-refractivity contribution in [3.8, 4) is 0 Å². The lowest BCUT2D eigenvalue weighted by molar-refractivity contribution is 0.0592. The van der Waals surface area contributed by atoms with Crippen LogP contribution in [0.4, 0.5) is 0 Å². The first-order valence-electron chi connectivity index (χ1n) is 2.56. The van der Waals surface area contributed by atoms with E-state index in [2.05, 4.69) is 11.7 Å². The number of aliphatic hydroxyl groups excluding tert-OH is 1. The van der Waals surface area contributed by atoms with Gasteiger partial charge in [-0.3, -0.25) is 4.57 Å². The van der Waals surface area contributed by atoms with Gasteiger partial charge in [-0.2, -0.15) is 0 Å². The van der Waals surface area contributed by atoms with Gasteiger partial charge >= 0.3 is 7.60 Å². The number of ether oxygens (including phenoxy) is 1. The van der Waals surface area contributed by atoms with Gasteiger partial charge in [0.2, 0.25) is 0 Å². The molecule has 1 radical (unpaired) electrons. The predicted molar refractivity (Wildman–Crippen MR) is 34.2 cm³/mol. The summed E-state index contributed by atoms with van der Waals surface area (Å²) in [5, 5.41) is 8.29.